The summed E-state index contributed by atoms with van der Waals surface area (Å²) in [6.07, 6.45) is 0.157. The van der Waals surface area contributed by atoms with Crippen LogP contribution in [0, 0.1) is 0 Å². The fraction of sp³-hybridized carbons (Fsp3) is 0.200. The third kappa shape index (κ3) is 5.04. The van der Waals surface area contributed by atoms with Gasteiger partial charge in [-0.1, -0.05) is 48.5 Å². The van der Waals surface area contributed by atoms with E-state index in [0.29, 0.717) is 29.4 Å². The van der Waals surface area contributed by atoms with Crippen molar-refractivity contribution in [3.05, 3.63) is 84.4 Å². The van der Waals surface area contributed by atoms with Crippen LogP contribution in [-0.2, 0) is 16.0 Å². The van der Waals surface area contributed by atoms with E-state index < -0.39 is 6.10 Å². The number of carbonyl (C=O) groups excluding carboxylic acids is 2. The number of para-hydroxylation sites is 1. The summed E-state index contributed by atoms with van der Waals surface area (Å²) in [7, 11) is 0. The Bertz CT molecular complexity index is 1050. The standard InChI is InChI=1S/C25H24N2O4/c1-18-25(29)27(15-14-19-8-4-2-5-9-19)22-13-12-20(16-23(22)31-18)26-24(28)17-30-21-10-6-3-7-11-21/h2-13,16,18H,14-15,17H2,1H3,(H,26,28). The topological polar surface area (TPSA) is 67.9 Å². The van der Waals surface area contributed by atoms with Crippen molar-refractivity contribution in [2.75, 3.05) is 23.4 Å². The van der Waals surface area contributed by atoms with Crippen LogP contribution >= 0.6 is 0 Å². The Hall–Kier alpha value is -3.80. The second kappa shape index (κ2) is 9.34. The molecule has 1 atom stereocenters. The van der Waals surface area contributed by atoms with E-state index in [4.69, 9.17) is 9.47 Å². The number of nitrogens with zero attached hydrogens (tertiary/aromatic N) is 1. The molecule has 0 saturated heterocycles. The lowest BCUT2D eigenvalue weighted by Gasteiger charge is -2.33. The average molecular weight is 416 g/mol. The van der Waals surface area contributed by atoms with Gasteiger partial charge in [0.1, 0.15) is 11.5 Å². The first-order chi connectivity index (χ1) is 15.1. The smallest absolute Gasteiger partial charge is 0.267 e. The highest BCUT2D eigenvalue weighted by atomic mass is 16.5. The molecule has 6 nitrogen and oxygen atoms in total. The molecule has 31 heavy (non-hydrogen) atoms. The van der Waals surface area contributed by atoms with Crippen molar-refractivity contribution in [1.82, 2.24) is 0 Å². The van der Waals surface area contributed by atoms with E-state index >= 15 is 0 Å². The normalized spacial score (nSPS) is 15.1. The van der Waals surface area contributed by atoms with Crippen LogP contribution in [0.5, 0.6) is 11.5 Å². The van der Waals surface area contributed by atoms with Gasteiger partial charge in [-0.15, -0.1) is 0 Å². The third-order valence-electron chi connectivity index (χ3n) is 5.03. The summed E-state index contributed by atoms with van der Waals surface area (Å²) in [6, 6.07) is 24.5. The molecule has 4 rings (SSSR count). The van der Waals surface area contributed by atoms with Gasteiger partial charge in [0.15, 0.2) is 12.7 Å². The lowest BCUT2D eigenvalue weighted by molar-refractivity contribution is -0.125. The molecule has 158 valence electrons. The van der Waals surface area contributed by atoms with E-state index in [1.54, 1.807) is 42.2 Å². The number of nitrogens with one attached hydrogen (secondary N) is 1. The fourth-order valence-corrected chi connectivity index (χ4v) is 3.47. The molecule has 6 heteroatoms. The lowest BCUT2D eigenvalue weighted by atomic mass is 10.1. The molecule has 1 N–H and O–H groups in total. The minimum atomic E-state index is -0.587. The summed E-state index contributed by atoms with van der Waals surface area (Å²) in [5, 5.41) is 2.81. The van der Waals surface area contributed by atoms with Crippen molar-refractivity contribution < 1.29 is 19.1 Å². The second-order valence-corrected chi connectivity index (χ2v) is 7.32. The first kappa shape index (κ1) is 20.5. The maximum atomic E-state index is 12.7. The molecule has 0 bridgehead atoms. The van der Waals surface area contributed by atoms with E-state index in [1.165, 1.54) is 5.56 Å². The molecule has 0 radical (unpaired) electrons. The summed E-state index contributed by atoms with van der Waals surface area (Å²) in [4.78, 5) is 26.7. The quantitative estimate of drug-likeness (QED) is 0.631. The van der Waals surface area contributed by atoms with Crippen LogP contribution in [0.15, 0.2) is 78.9 Å². The molecule has 1 aliphatic rings. The van der Waals surface area contributed by atoms with Gasteiger partial charge in [-0.25, -0.2) is 0 Å². The van der Waals surface area contributed by atoms with E-state index in [9.17, 15) is 9.59 Å². The van der Waals surface area contributed by atoms with Gasteiger partial charge in [0.25, 0.3) is 11.8 Å². The number of amides is 2. The van der Waals surface area contributed by atoms with Gasteiger partial charge in [0.05, 0.1) is 5.69 Å². The molecular formula is C25H24N2O4. The van der Waals surface area contributed by atoms with Crippen molar-refractivity contribution in [2.45, 2.75) is 19.4 Å². The first-order valence-corrected chi connectivity index (χ1v) is 10.2. The zero-order chi connectivity index (χ0) is 21.6. The van der Waals surface area contributed by atoms with Gasteiger partial charge in [0, 0.05) is 18.3 Å². The van der Waals surface area contributed by atoms with E-state index in [0.717, 1.165) is 6.42 Å². The van der Waals surface area contributed by atoms with Crippen LogP contribution in [0.1, 0.15) is 12.5 Å². The number of benzene rings is 3. The number of anilines is 2. The van der Waals surface area contributed by atoms with Crippen LogP contribution in [0.4, 0.5) is 11.4 Å². The van der Waals surface area contributed by atoms with E-state index in [-0.39, 0.29) is 18.4 Å². The second-order valence-electron chi connectivity index (χ2n) is 7.32. The molecule has 0 spiro atoms. The Balaban J connectivity index is 1.43. The highest BCUT2D eigenvalue weighted by Crippen LogP contribution is 2.36. The molecule has 3 aromatic rings. The number of fused-ring (bicyclic) bond motifs is 1. The molecule has 0 aromatic heterocycles. The predicted molar refractivity (Wildman–Crippen MR) is 120 cm³/mol. The Kier molecular flexibility index (Phi) is 6.17. The molecule has 0 fully saturated rings. The monoisotopic (exact) mass is 416 g/mol. The Morgan fingerprint density at radius 3 is 2.48 bits per heavy atom. The SMILES string of the molecule is CC1Oc2cc(NC(=O)COc3ccccc3)ccc2N(CCc2ccccc2)C1=O. The summed E-state index contributed by atoms with van der Waals surface area (Å²) < 4.78 is 11.3. The van der Waals surface area contributed by atoms with E-state index in [1.807, 2.05) is 48.5 Å². The van der Waals surface area contributed by atoms with Gasteiger partial charge in [-0.3, -0.25) is 9.59 Å². The number of carbonyl (C=O) groups is 2. The van der Waals surface area contributed by atoms with Crippen molar-refractivity contribution >= 4 is 23.2 Å². The third-order valence-corrected chi connectivity index (χ3v) is 5.03. The molecule has 2 amide bonds. The number of rotatable bonds is 7. The zero-order valence-corrected chi connectivity index (χ0v) is 17.3. The lowest BCUT2D eigenvalue weighted by Crippen LogP contribution is -2.45. The van der Waals surface area contributed by atoms with Gasteiger partial charge < -0.3 is 19.7 Å². The van der Waals surface area contributed by atoms with Crippen LogP contribution in [-0.4, -0.2) is 31.1 Å². The van der Waals surface area contributed by atoms with E-state index in [2.05, 4.69) is 5.32 Å². The zero-order valence-electron chi connectivity index (χ0n) is 17.3. The molecule has 0 saturated carbocycles. The highest BCUT2D eigenvalue weighted by Gasteiger charge is 2.31. The summed E-state index contributed by atoms with van der Waals surface area (Å²) >= 11 is 0. The van der Waals surface area contributed by atoms with Crippen molar-refractivity contribution in [1.29, 1.82) is 0 Å². The van der Waals surface area contributed by atoms with Crippen molar-refractivity contribution in [2.24, 2.45) is 0 Å². The largest absolute Gasteiger partial charge is 0.484 e. The van der Waals surface area contributed by atoms with Gasteiger partial charge >= 0.3 is 0 Å². The van der Waals surface area contributed by atoms with Gasteiger partial charge in [-0.05, 0) is 43.2 Å². The first-order valence-electron chi connectivity index (χ1n) is 10.2. The summed E-state index contributed by atoms with van der Waals surface area (Å²) in [5.41, 5.74) is 2.46. The molecule has 1 aliphatic heterocycles. The fourth-order valence-electron chi connectivity index (χ4n) is 3.47. The highest BCUT2D eigenvalue weighted by molar-refractivity contribution is 6.00. The number of ether oxygens (including phenoxy) is 2. The molecular weight excluding hydrogens is 392 g/mol. The van der Waals surface area contributed by atoms with Crippen LogP contribution in [0.2, 0.25) is 0 Å². The average Bonchev–Trinajstić information content (AvgIpc) is 2.79. The van der Waals surface area contributed by atoms with Crippen LogP contribution in [0.3, 0.4) is 0 Å². The Morgan fingerprint density at radius 2 is 1.74 bits per heavy atom. The Morgan fingerprint density at radius 1 is 1.03 bits per heavy atom. The maximum absolute atomic E-state index is 12.7. The Labute approximate surface area is 181 Å². The minimum absolute atomic E-state index is 0.0727. The molecule has 1 heterocycles. The van der Waals surface area contributed by atoms with Crippen LogP contribution in [0.25, 0.3) is 0 Å². The minimum Gasteiger partial charge on any atom is -0.484 e. The number of hydrogen-bond acceptors (Lipinski definition) is 4. The van der Waals surface area contributed by atoms with Crippen molar-refractivity contribution in [3.63, 3.8) is 0 Å². The van der Waals surface area contributed by atoms with Gasteiger partial charge in [0.2, 0.25) is 0 Å². The summed E-state index contributed by atoms with van der Waals surface area (Å²) in [5.74, 6) is 0.857. The molecule has 1 unspecified atom stereocenters. The summed E-state index contributed by atoms with van der Waals surface area (Å²) in [6.45, 7) is 2.19. The van der Waals surface area contributed by atoms with Crippen LogP contribution < -0.4 is 19.7 Å². The molecule has 0 aliphatic carbocycles. The molecule has 3 aromatic carbocycles. The number of hydrogen-bond donors (Lipinski definition) is 1. The predicted octanol–water partition coefficient (Wildman–Crippen LogP) is 4.06. The van der Waals surface area contributed by atoms with Crippen molar-refractivity contribution in [3.8, 4) is 11.5 Å². The van der Waals surface area contributed by atoms with Gasteiger partial charge in [-0.2, -0.15) is 0 Å². The maximum Gasteiger partial charge on any atom is 0.267 e.